The van der Waals surface area contributed by atoms with Crippen LogP contribution in [0.5, 0.6) is 5.75 Å². The second-order valence-electron chi connectivity index (χ2n) is 4.97. The first-order chi connectivity index (χ1) is 10.8. The summed E-state index contributed by atoms with van der Waals surface area (Å²) in [6.07, 6.45) is 4.28. The van der Waals surface area contributed by atoms with Crippen molar-refractivity contribution in [3.8, 4) is 5.75 Å². The van der Waals surface area contributed by atoms with Gasteiger partial charge in [-0.25, -0.2) is 9.97 Å². The zero-order valence-electron chi connectivity index (χ0n) is 13.3. The third-order valence-corrected chi connectivity index (χ3v) is 3.49. The summed E-state index contributed by atoms with van der Waals surface area (Å²) in [7, 11) is 0. The Hall–Kier alpha value is -2.14. The quantitative estimate of drug-likeness (QED) is 0.720. The van der Waals surface area contributed by atoms with Crippen LogP contribution >= 0.6 is 0 Å². The van der Waals surface area contributed by atoms with E-state index in [4.69, 9.17) is 4.74 Å². The van der Waals surface area contributed by atoms with Gasteiger partial charge in [0.25, 0.3) is 0 Å². The van der Waals surface area contributed by atoms with E-state index in [-0.39, 0.29) is 0 Å². The minimum atomic E-state index is 0.745. The number of hydrogen-bond acceptors (Lipinski definition) is 5. The van der Waals surface area contributed by atoms with Crippen molar-refractivity contribution >= 4 is 11.5 Å². The maximum atomic E-state index is 5.77. The maximum Gasteiger partial charge on any atom is 0.133 e. The molecule has 1 aromatic carbocycles. The molecule has 0 radical (unpaired) electrons. The molecular weight excluding hydrogens is 276 g/mol. The molecule has 0 bridgehead atoms. The molecule has 5 nitrogen and oxygen atoms in total. The van der Waals surface area contributed by atoms with Gasteiger partial charge >= 0.3 is 0 Å². The summed E-state index contributed by atoms with van der Waals surface area (Å²) in [6, 6.07) is 9.75. The Morgan fingerprint density at radius 1 is 1.09 bits per heavy atom. The third kappa shape index (κ3) is 5.33. The van der Waals surface area contributed by atoms with Gasteiger partial charge in [0, 0.05) is 18.4 Å². The first kappa shape index (κ1) is 16.2. The van der Waals surface area contributed by atoms with Crippen LogP contribution in [0.3, 0.4) is 0 Å². The normalized spacial score (nSPS) is 10.7. The fourth-order valence-corrected chi connectivity index (χ4v) is 2.17. The summed E-state index contributed by atoms with van der Waals surface area (Å²) in [5.41, 5.74) is 0.981. The van der Waals surface area contributed by atoms with E-state index in [0.29, 0.717) is 0 Å². The molecule has 5 heteroatoms. The highest BCUT2D eigenvalue weighted by atomic mass is 16.5. The van der Waals surface area contributed by atoms with Gasteiger partial charge in [0.05, 0.1) is 6.61 Å². The number of nitrogens with zero attached hydrogens (tertiary/aromatic N) is 3. The van der Waals surface area contributed by atoms with Crippen LogP contribution in [0.25, 0.3) is 0 Å². The Morgan fingerprint density at radius 3 is 2.50 bits per heavy atom. The van der Waals surface area contributed by atoms with E-state index in [1.165, 1.54) is 6.33 Å². The molecule has 0 saturated heterocycles. The van der Waals surface area contributed by atoms with Crippen molar-refractivity contribution < 1.29 is 4.74 Å². The fourth-order valence-electron chi connectivity index (χ4n) is 2.17. The highest BCUT2D eigenvalue weighted by Crippen LogP contribution is 2.18. The van der Waals surface area contributed by atoms with Crippen LogP contribution in [-0.2, 0) is 0 Å². The molecule has 0 amide bonds. The van der Waals surface area contributed by atoms with Gasteiger partial charge < -0.3 is 15.0 Å². The second kappa shape index (κ2) is 9.00. The van der Waals surface area contributed by atoms with Gasteiger partial charge in [0.15, 0.2) is 0 Å². The summed E-state index contributed by atoms with van der Waals surface area (Å²) < 4.78 is 5.77. The minimum absolute atomic E-state index is 0.745. The van der Waals surface area contributed by atoms with Gasteiger partial charge in [-0.05, 0) is 49.8 Å². The van der Waals surface area contributed by atoms with Crippen molar-refractivity contribution in [1.82, 2.24) is 14.9 Å². The van der Waals surface area contributed by atoms with Crippen LogP contribution < -0.4 is 10.1 Å². The zero-order chi connectivity index (χ0) is 15.6. The number of rotatable bonds is 9. The molecule has 2 aromatic rings. The standard InChI is InChI=1S/C17H24N4O/c1-3-21(4-2)12-5-13-22-16-8-6-15(7-9-16)20-17-10-11-18-14-19-17/h6-11,14H,3-5,12-13H2,1-2H3,(H,18,19,20). The molecule has 0 aliphatic rings. The topological polar surface area (TPSA) is 50.3 Å². The number of benzene rings is 1. The van der Waals surface area contributed by atoms with Crippen molar-refractivity contribution in [2.24, 2.45) is 0 Å². The molecule has 0 saturated carbocycles. The van der Waals surface area contributed by atoms with Crippen molar-refractivity contribution in [3.05, 3.63) is 42.9 Å². The molecule has 1 aromatic heterocycles. The molecule has 22 heavy (non-hydrogen) atoms. The molecule has 118 valence electrons. The number of anilines is 2. The zero-order valence-corrected chi connectivity index (χ0v) is 13.3. The summed E-state index contributed by atoms with van der Waals surface area (Å²) in [6.45, 7) is 8.40. The summed E-state index contributed by atoms with van der Waals surface area (Å²) >= 11 is 0. The Kier molecular flexibility index (Phi) is 6.64. The van der Waals surface area contributed by atoms with Gasteiger partial charge in [0.1, 0.15) is 17.9 Å². The fraction of sp³-hybridized carbons (Fsp3) is 0.412. The monoisotopic (exact) mass is 300 g/mol. The molecule has 1 heterocycles. The first-order valence-corrected chi connectivity index (χ1v) is 7.80. The molecule has 0 unspecified atom stereocenters. The van der Waals surface area contributed by atoms with Crippen LogP contribution in [0, 0.1) is 0 Å². The molecule has 1 N–H and O–H groups in total. The molecular formula is C17H24N4O. The van der Waals surface area contributed by atoms with E-state index in [2.05, 4.69) is 34.0 Å². The molecule has 0 aliphatic carbocycles. The number of ether oxygens (including phenoxy) is 1. The van der Waals surface area contributed by atoms with Crippen LogP contribution in [0.4, 0.5) is 11.5 Å². The Morgan fingerprint density at radius 2 is 1.86 bits per heavy atom. The predicted molar refractivity (Wildman–Crippen MR) is 89.7 cm³/mol. The average molecular weight is 300 g/mol. The molecule has 0 aliphatic heterocycles. The van der Waals surface area contributed by atoms with Crippen molar-refractivity contribution in [2.75, 3.05) is 31.6 Å². The lowest BCUT2D eigenvalue weighted by Crippen LogP contribution is -2.25. The first-order valence-electron chi connectivity index (χ1n) is 7.80. The van der Waals surface area contributed by atoms with E-state index in [0.717, 1.165) is 49.9 Å². The highest BCUT2D eigenvalue weighted by Gasteiger charge is 2.00. The van der Waals surface area contributed by atoms with Crippen LogP contribution in [0.15, 0.2) is 42.9 Å². The summed E-state index contributed by atoms with van der Waals surface area (Å²) in [5, 5.41) is 3.22. The van der Waals surface area contributed by atoms with Gasteiger partial charge in [-0.3, -0.25) is 0 Å². The summed E-state index contributed by atoms with van der Waals surface area (Å²) in [4.78, 5) is 10.4. The largest absolute Gasteiger partial charge is 0.494 e. The van der Waals surface area contributed by atoms with E-state index in [1.54, 1.807) is 6.20 Å². The van der Waals surface area contributed by atoms with Gasteiger partial charge in [-0.2, -0.15) is 0 Å². The molecule has 0 atom stereocenters. The molecule has 0 fully saturated rings. The predicted octanol–water partition coefficient (Wildman–Crippen LogP) is 3.33. The Balaban J connectivity index is 1.75. The minimum Gasteiger partial charge on any atom is -0.494 e. The van der Waals surface area contributed by atoms with Crippen molar-refractivity contribution in [1.29, 1.82) is 0 Å². The van der Waals surface area contributed by atoms with Crippen LogP contribution in [-0.4, -0.2) is 41.1 Å². The van der Waals surface area contributed by atoms with E-state index < -0.39 is 0 Å². The lowest BCUT2D eigenvalue weighted by Gasteiger charge is -2.17. The highest BCUT2D eigenvalue weighted by molar-refractivity contribution is 5.56. The van der Waals surface area contributed by atoms with Crippen molar-refractivity contribution in [3.63, 3.8) is 0 Å². The van der Waals surface area contributed by atoms with E-state index >= 15 is 0 Å². The lowest BCUT2D eigenvalue weighted by molar-refractivity contribution is 0.249. The Labute approximate surface area is 132 Å². The number of aromatic nitrogens is 2. The smallest absolute Gasteiger partial charge is 0.133 e. The van der Waals surface area contributed by atoms with Gasteiger partial charge in [-0.1, -0.05) is 13.8 Å². The number of nitrogens with one attached hydrogen (secondary N) is 1. The van der Waals surface area contributed by atoms with Gasteiger partial charge in [0.2, 0.25) is 0 Å². The SMILES string of the molecule is CCN(CC)CCCOc1ccc(Nc2ccncn2)cc1. The van der Waals surface area contributed by atoms with Crippen LogP contribution in [0.1, 0.15) is 20.3 Å². The number of hydrogen-bond donors (Lipinski definition) is 1. The van der Waals surface area contributed by atoms with E-state index in [1.807, 2.05) is 30.3 Å². The van der Waals surface area contributed by atoms with Gasteiger partial charge in [-0.15, -0.1) is 0 Å². The average Bonchev–Trinajstić information content (AvgIpc) is 2.57. The lowest BCUT2D eigenvalue weighted by atomic mass is 10.3. The second-order valence-corrected chi connectivity index (χ2v) is 4.97. The summed E-state index contributed by atoms with van der Waals surface area (Å²) in [5.74, 6) is 1.68. The van der Waals surface area contributed by atoms with Crippen LogP contribution in [0.2, 0.25) is 0 Å². The maximum absolute atomic E-state index is 5.77. The van der Waals surface area contributed by atoms with Crippen molar-refractivity contribution in [2.45, 2.75) is 20.3 Å². The van der Waals surface area contributed by atoms with E-state index in [9.17, 15) is 0 Å². The third-order valence-electron chi connectivity index (χ3n) is 3.49. The Bertz CT molecular complexity index is 526. The molecule has 0 spiro atoms. The molecule has 2 rings (SSSR count).